The minimum Gasteiger partial charge on any atom is -0.389 e. The molecule has 0 aromatic carbocycles. The second-order valence-corrected chi connectivity index (χ2v) is 7.80. The van der Waals surface area contributed by atoms with Gasteiger partial charge in [-0.15, -0.1) is 0 Å². The van der Waals surface area contributed by atoms with Crippen molar-refractivity contribution in [1.29, 1.82) is 0 Å². The van der Waals surface area contributed by atoms with Gasteiger partial charge in [0.1, 0.15) is 5.69 Å². The summed E-state index contributed by atoms with van der Waals surface area (Å²) in [4.78, 5) is 32.9. The Labute approximate surface area is 160 Å². The minimum absolute atomic E-state index is 0.0517. The van der Waals surface area contributed by atoms with Crippen molar-refractivity contribution < 1.29 is 14.7 Å². The molecule has 2 fully saturated rings. The van der Waals surface area contributed by atoms with Crippen molar-refractivity contribution >= 4 is 11.8 Å². The zero-order valence-corrected chi connectivity index (χ0v) is 16.2. The Morgan fingerprint density at radius 3 is 2.59 bits per heavy atom. The highest BCUT2D eigenvalue weighted by Crippen LogP contribution is 2.22. The highest BCUT2D eigenvalue weighted by Gasteiger charge is 2.33. The third kappa shape index (κ3) is 4.84. The summed E-state index contributed by atoms with van der Waals surface area (Å²) in [6.45, 7) is 5.39. The van der Waals surface area contributed by atoms with E-state index in [1.165, 1.54) is 6.42 Å². The highest BCUT2D eigenvalue weighted by molar-refractivity contribution is 5.92. The van der Waals surface area contributed by atoms with Gasteiger partial charge in [-0.05, 0) is 45.2 Å². The molecule has 2 saturated heterocycles. The van der Waals surface area contributed by atoms with Crippen LogP contribution in [-0.4, -0.2) is 75.6 Å². The molecule has 0 spiro atoms. The van der Waals surface area contributed by atoms with E-state index in [1.807, 2.05) is 0 Å². The van der Waals surface area contributed by atoms with Crippen LogP contribution >= 0.6 is 0 Å². The maximum Gasteiger partial charge on any atom is 0.272 e. The molecule has 2 aliphatic heterocycles. The van der Waals surface area contributed by atoms with E-state index in [4.69, 9.17) is 0 Å². The summed E-state index contributed by atoms with van der Waals surface area (Å²) in [6.07, 6.45) is 4.80. The number of rotatable bonds is 4. The zero-order valence-electron chi connectivity index (χ0n) is 16.2. The number of pyridine rings is 1. The van der Waals surface area contributed by atoms with E-state index < -0.39 is 6.10 Å². The van der Waals surface area contributed by atoms with E-state index in [0.717, 1.165) is 12.8 Å². The van der Waals surface area contributed by atoms with Gasteiger partial charge in [0.2, 0.25) is 5.91 Å². The van der Waals surface area contributed by atoms with Crippen LogP contribution in [0, 0.1) is 0 Å². The van der Waals surface area contributed by atoms with Crippen LogP contribution < -0.4 is 5.32 Å². The second-order valence-electron chi connectivity index (χ2n) is 7.80. The number of nitrogens with one attached hydrogen (secondary N) is 1. The van der Waals surface area contributed by atoms with Crippen LogP contribution in [0.5, 0.6) is 0 Å². The largest absolute Gasteiger partial charge is 0.389 e. The van der Waals surface area contributed by atoms with Crippen LogP contribution in [0.4, 0.5) is 0 Å². The van der Waals surface area contributed by atoms with Gasteiger partial charge in [-0.1, -0.05) is 12.5 Å². The van der Waals surface area contributed by atoms with Crippen LogP contribution in [0.1, 0.15) is 50.0 Å². The molecule has 0 saturated carbocycles. The lowest BCUT2D eigenvalue weighted by atomic mass is 9.97. The summed E-state index contributed by atoms with van der Waals surface area (Å²) >= 11 is 0. The molecular weight excluding hydrogens is 344 g/mol. The van der Waals surface area contributed by atoms with Gasteiger partial charge in [-0.2, -0.15) is 0 Å². The van der Waals surface area contributed by atoms with Crippen molar-refractivity contribution in [3.8, 4) is 0 Å². The molecule has 2 amide bonds. The number of likely N-dealkylation sites (tertiary alicyclic amines) is 2. The molecule has 7 nitrogen and oxygen atoms in total. The molecule has 148 valence electrons. The van der Waals surface area contributed by atoms with Crippen molar-refractivity contribution in [1.82, 2.24) is 20.1 Å². The number of aromatic nitrogens is 1. The van der Waals surface area contributed by atoms with E-state index in [9.17, 15) is 14.7 Å². The molecule has 0 bridgehead atoms. The van der Waals surface area contributed by atoms with Gasteiger partial charge in [0.25, 0.3) is 5.91 Å². The fraction of sp³-hybridized carbons (Fsp3) is 0.650. The Balaban J connectivity index is 1.51. The smallest absolute Gasteiger partial charge is 0.272 e. The van der Waals surface area contributed by atoms with Crippen molar-refractivity contribution in [2.24, 2.45) is 0 Å². The lowest BCUT2D eigenvalue weighted by Crippen LogP contribution is -2.57. The first-order chi connectivity index (χ1) is 13.0. The van der Waals surface area contributed by atoms with Crippen LogP contribution in [0.25, 0.3) is 0 Å². The Bertz CT molecular complexity index is 644. The number of β-amino-alcohol motifs (C(OH)–C–C–N with tert-alkyl or cyclic N) is 1. The molecule has 1 aromatic heterocycles. The van der Waals surface area contributed by atoms with E-state index in [2.05, 4.69) is 29.0 Å². The number of hydrogen-bond donors (Lipinski definition) is 2. The van der Waals surface area contributed by atoms with E-state index in [0.29, 0.717) is 37.3 Å². The number of amides is 2. The van der Waals surface area contributed by atoms with Gasteiger partial charge in [-0.25, -0.2) is 0 Å². The Morgan fingerprint density at radius 1 is 1.22 bits per heavy atom. The third-order valence-electron chi connectivity index (χ3n) is 5.80. The van der Waals surface area contributed by atoms with Gasteiger partial charge >= 0.3 is 0 Å². The lowest BCUT2D eigenvalue weighted by Gasteiger charge is -2.39. The molecule has 3 heterocycles. The first-order valence-electron chi connectivity index (χ1n) is 9.89. The Hall–Kier alpha value is -1.99. The summed E-state index contributed by atoms with van der Waals surface area (Å²) in [5, 5.41) is 13.4. The van der Waals surface area contributed by atoms with Gasteiger partial charge < -0.3 is 15.3 Å². The number of nitrogens with zero attached hydrogens (tertiary/aromatic N) is 3. The summed E-state index contributed by atoms with van der Waals surface area (Å²) in [5.74, 6) is -0.237. The molecule has 4 unspecified atom stereocenters. The number of carbonyl (C=O) groups excluding carboxylic acids is 2. The number of hydrogen-bond acceptors (Lipinski definition) is 5. The molecular formula is C20H30N4O3. The highest BCUT2D eigenvalue weighted by atomic mass is 16.3. The number of carbonyl (C=O) groups is 2. The first-order valence-corrected chi connectivity index (χ1v) is 9.89. The van der Waals surface area contributed by atoms with Crippen molar-refractivity contribution in [3.05, 3.63) is 30.1 Å². The Kier molecular flexibility index (Phi) is 6.44. The van der Waals surface area contributed by atoms with E-state index in [1.54, 1.807) is 29.3 Å². The Morgan fingerprint density at radius 2 is 1.96 bits per heavy atom. The van der Waals surface area contributed by atoms with Crippen molar-refractivity contribution in [2.75, 3.05) is 19.6 Å². The molecule has 27 heavy (non-hydrogen) atoms. The molecule has 0 aliphatic carbocycles. The van der Waals surface area contributed by atoms with Crippen molar-refractivity contribution in [2.45, 2.75) is 63.8 Å². The summed E-state index contributed by atoms with van der Waals surface area (Å²) in [6, 6.07) is 5.69. The SMILES string of the molecule is CC1CCCC(C)N1CC(=O)NC1CCN(C(=O)c2ccccn2)CC1O. The first kappa shape index (κ1) is 19.8. The average Bonchev–Trinajstić information content (AvgIpc) is 2.66. The van der Waals surface area contributed by atoms with Crippen LogP contribution in [0.2, 0.25) is 0 Å². The van der Waals surface area contributed by atoms with Gasteiger partial charge in [0.15, 0.2) is 0 Å². The van der Waals surface area contributed by atoms with Crippen LogP contribution in [0.3, 0.4) is 0 Å². The molecule has 3 rings (SSSR count). The summed E-state index contributed by atoms with van der Waals surface area (Å²) in [5.41, 5.74) is 0.375. The quantitative estimate of drug-likeness (QED) is 0.822. The average molecular weight is 374 g/mol. The molecule has 2 N–H and O–H groups in total. The van der Waals surface area contributed by atoms with Gasteiger partial charge in [0, 0.05) is 31.4 Å². The summed E-state index contributed by atoms with van der Waals surface area (Å²) in [7, 11) is 0. The summed E-state index contributed by atoms with van der Waals surface area (Å²) < 4.78 is 0. The fourth-order valence-electron chi connectivity index (χ4n) is 4.14. The van der Waals surface area contributed by atoms with E-state index in [-0.39, 0.29) is 24.4 Å². The molecule has 0 radical (unpaired) electrons. The van der Waals surface area contributed by atoms with Gasteiger partial charge in [-0.3, -0.25) is 19.5 Å². The number of aliphatic hydroxyl groups is 1. The van der Waals surface area contributed by atoms with Crippen LogP contribution in [-0.2, 0) is 4.79 Å². The molecule has 4 atom stereocenters. The number of aliphatic hydroxyl groups excluding tert-OH is 1. The maximum atomic E-state index is 12.5. The minimum atomic E-state index is -0.772. The fourth-order valence-corrected chi connectivity index (χ4v) is 4.14. The second kappa shape index (κ2) is 8.80. The van der Waals surface area contributed by atoms with Crippen molar-refractivity contribution in [3.63, 3.8) is 0 Å². The third-order valence-corrected chi connectivity index (χ3v) is 5.80. The van der Waals surface area contributed by atoms with E-state index >= 15 is 0 Å². The van der Waals surface area contributed by atoms with Crippen LogP contribution in [0.15, 0.2) is 24.4 Å². The predicted octanol–water partition coefficient (Wildman–Crippen LogP) is 1.04. The lowest BCUT2D eigenvalue weighted by molar-refractivity contribution is -0.126. The predicted molar refractivity (Wildman–Crippen MR) is 102 cm³/mol. The maximum absolute atomic E-state index is 12.5. The zero-order chi connectivity index (χ0) is 19.4. The molecule has 7 heteroatoms. The monoisotopic (exact) mass is 374 g/mol. The standard InChI is InChI=1S/C20H30N4O3/c1-14-6-5-7-15(2)24(14)13-19(26)22-16-9-11-23(12-18(16)25)20(27)17-8-3-4-10-21-17/h3-4,8,10,14-16,18,25H,5-7,9,11-13H2,1-2H3,(H,22,26). The van der Waals surface area contributed by atoms with Gasteiger partial charge in [0.05, 0.1) is 18.7 Å². The molecule has 2 aliphatic rings. The molecule has 1 aromatic rings. The number of piperidine rings is 2. The topological polar surface area (TPSA) is 85.8 Å². The normalized spacial score (nSPS) is 29.4.